The van der Waals surface area contributed by atoms with Gasteiger partial charge in [-0.2, -0.15) is 0 Å². The van der Waals surface area contributed by atoms with Gasteiger partial charge in [-0.15, -0.1) is 0 Å². The molecule has 1 aromatic carbocycles. The molecule has 0 radical (unpaired) electrons. The molecular formula is C11H14N2. The second-order valence-corrected chi connectivity index (χ2v) is 3.25. The van der Waals surface area contributed by atoms with Crippen molar-refractivity contribution in [1.82, 2.24) is 10.3 Å². The van der Waals surface area contributed by atoms with Gasteiger partial charge >= 0.3 is 0 Å². The predicted octanol–water partition coefficient (Wildman–Crippen LogP) is 1.93. The van der Waals surface area contributed by atoms with Crippen molar-refractivity contribution in [2.75, 3.05) is 13.6 Å². The molecule has 0 amide bonds. The van der Waals surface area contributed by atoms with E-state index in [1.54, 1.807) is 0 Å². The van der Waals surface area contributed by atoms with Gasteiger partial charge in [0.2, 0.25) is 0 Å². The van der Waals surface area contributed by atoms with E-state index in [9.17, 15) is 0 Å². The first-order chi connectivity index (χ1) is 6.40. The molecule has 1 aromatic heterocycles. The van der Waals surface area contributed by atoms with E-state index >= 15 is 0 Å². The molecule has 0 aliphatic carbocycles. The average molecular weight is 174 g/mol. The van der Waals surface area contributed by atoms with Crippen molar-refractivity contribution in [2.24, 2.45) is 0 Å². The Balaban J connectivity index is 2.26. The largest absolute Gasteiger partial charge is 0.361 e. The van der Waals surface area contributed by atoms with Gasteiger partial charge in [0.1, 0.15) is 0 Å². The molecule has 0 aliphatic rings. The molecule has 2 rings (SSSR count). The van der Waals surface area contributed by atoms with E-state index in [4.69, 9.17) is 0 Å². The van der Waals surface area contributed by atoms with E-state index in [1.807, 2.05) is 13.2 Å². The third-order valence-electron chi connectivity index (χ3n) is 2.28. The van der Waals surface area contributed by atoms with Gasteiger partial charge in [-0.1, -0.05) is 6.07 Å². The minimum atomic E-state index is 1.04. The lowest BCUT2D eigenvalue weighted by Crippen LogP contribution is -2.10. The van der Waals surface area contributed by atoms with E-state index in [2.05, 4.69) is 34.6 Å². The Morgan fingerprint density at radius 3 is 3.08 bits per heavy atom. The number of H-pyrrole nitrogens is 1. The van der Waals surface area contributed by atoms with Crippen LogP contribution in [0.2, 0.25) is 0 Å². The fourth-order valence-electron chi connectivity index (χ4n) is 1.53. The number of rotatable bonds is 3. The number of benzene rings is 1. The molecule has 2 heteroatoms. The molecule has 2 N–H and O–H groups in total. The molecule has 0 saturated carbocycles. The van der Waals surface area contributed by atoms with Crippen molar-refractivity contribution < 1.29 is 0 Å². The number of nitrogens with one attached hydrogen (secondary N) is 2. The van der Waals surface area contributed by atoms with Crippen molar-refractivity contribution in [3.8, 4) is 0 Å². The molecule has 2 aromatic rings. The van der Waals surface area contributed by atoms with Crippen LogP contribution in [0.1, 0.15) is 5.56 Å². The van der Waals surface area contributed by atoms with Gasteiger partial charge < -0.3 is 10.3 Å². The van der Waals surface area contributed by atoms with E-state index in [-0.39, 0.29) is 0 Å². The van der Waals surface area contributed by atoms with Crippen LogP contribution < -0.4 is 5.32 Å². The molecule has 0 unspecified atom stereocenters. The van der Waals surface area contributed by atoms with Crippen molar-refractivity contribution in [3.05, 3.63) is 36.0 Å². The fraction of sp³-hybridized carbons (Fsp3) is 0.273. The van der Waals surface area contributed by atoms with Gasteiger partial charge in [0.25, 0.3) is 0 Å². The number of fused-ring (bicyclic) bond motifs is 1. The molecule has 0 saturated heterocycles. The molecule has 0 bridgehead atoms. The van der Waals surface area contributed by atoms with E-state index in [0.29, 0.717) is 0 Å². The van der Waals surface area contributed by atoms with Gasteiger partial charge in [-0.25, -0.2) is 0 Å². The van der Waals surface area contributed by atoms with Crippen molar-refractivity contribution >= 4 is 10.9 Å². The minimum Gasteiger partial charge on any atom is -0.361 e. The van der Waals surface area contributed by atoms with Crippen molar-refractivity contribution in [2.45, 2.75) is 6.42 Å². The maximum absolute atomic E-state index is 3.19. The smallest absolute Gasteiger partial charge is 0.0454 e. The zero-order valence-corrected chi connectivity index (χ0v) is 7.80. The lowest BCUT2D eigenvalue weighted by Gasteiger charge is -2.00. The Morgan fingerprint density at radius 1 is 1.31 bits per heavy atom. The second kappa shape index (κ2) is 3.62. The summed E-state index contributed by atoms with van der Waals surface area (Å²) in [5.41, 5.74) is 2.61. The minimum absolute atomic E-state index is 1.04. The lowest BCUT2D eigenvalue weighted by molar-refractivity contribution is 0.792. The highest BCUT2D eigenvalue weighted by Crippen LogP contribution is 2.14. The molecule has 2 nitrogen and oxygen atoms in total. The van der Waals surface area contributed by atoms with Gasteiger partial charge in [-0.3, -0.25) is 0 Å². The van der Waals surface area contributed by atoms with Gasteiger partial charge in [0.15, 0.2) is 0 Å². The van der Waals surface area contributed by atoms with E-state index in [1.165, 1.54) is 16.5 Å². The average Bonchev–Trinajstić information content (AvgIpc) is 2.61. The fourth-order valence-corrected chi connectivity index (χ4v) is 1.53. The summed E-state index contributed by atoms with van der Waals surface area (Å²) in [6.45, 7) is 1.04. The van der Waals surface area contributed by atoms with Crippen LogP contribution in [0.3, 0.4) is 0 Å². The Morgan fingerprint density at radius 2 is 2.23 bits per heavy atom. The number of likely N-dealkylation sites (N-methyl/N-ethyl adjacent to an activating group) is 1. The molecule has 13 heavy (non-hydrogen) atoms. The Kier molecular flexibility index (Phi) is 2.32. The standard InChI is InChI=1S/C11H14N2/c1-12-6-4-9-2-3-11-10(8-9)5-7-13-11/h2-3,5,7-8,12-13H,4,6H2,1H3. The SMILES string of the molecule is CNCCc1ccc2[nH]ccc2c1. The summed E-state index contributed by atoms with van der Waals surface area (Å²) in [4.78, 5) is 3.19. The molecule has 0 aliphatic heterocycles. The summed E-state index contributed by atoms with van der Waals surface area (Å²) in [6.07, 6.45) is 3.07. The quantitative estimate of drug-likeness (QED) is 0.731. The van der Waals surface area contributed by atoms with Crippen molar-refractivity contribution in [3.63, 3.8) is 0 Å². The van der Waals surface area contributed by atoms with Crippen LogP contribution in [-0.4, -0.2) is 18.6 Å². The number of hydrogen-bond acceptors (Lipinski definition) is 1. The number of hydrogen-bond donors (Lipinski definition) is 2. The van der Waals surface area contributed by atoms with Crippen molar-refractivity contribution in [1.29, 1.82) is 0 Å². The van der Waals surface area contributed by atoms with Crippen LogP contribution in [-0.2, 0) is 6.42 Å². The normalized spacial score (nSPS) is 10.8. The molecular weight excluding hydrogens is 160 g/mol. The summed E-state index contributed by atoms with van der Waals surface area (Å²) >= 11 is 0. The van der Waals surface area contributed by atoms with E-state index < -0.39 is 0 Å². The summed E-state index contributed by atoms with van der Waals surface area (Å²) in [7, 11) is 1.98. The first-order valence-electron chi connectivity index (χ1n) is 4.61. The third-order valence-corrected chi connectivity index (χ3v) is 2.28. The molecule has 0 fully saturated rings. The topological polar surface area (TPSA) is 27.8 Å². The molecule has 1 heterocycles. The maximum Gasteiger partial charge on any atom is 0.0454 e. The Bertz CT molecular complexity index is 390. The lowest BCUT2D eigenvalue weighted by atomic mass is 10.1. The van der Waals surface area contributed by atoms with Gasteiger partial charge in [0.05, 0.1) is 0 Å². The van der Waals surface area contributed by atoms with Crippen LogP contribution in [0.4, 0.5) is 0 Å². The van der Waals surface area contributed by atoms with E-state index in [0.717, 1.165) is 13.0 Å². The molecule has 0 atom stereocenters. The molecule has 0 spiro atoms. The van der Waals surface area contributed by atoms with Crippen LogP contribution in [0, 0.1) is 0 Å². The summed E-state index contributed by atoms with van der Waals surface area (Å²) in [5.74, 6) is 0. The summed E-state index contributed by atoms with van der Waals surface area (Å²) in [6, 6.07) is 8.66. The van der Waals surface area contributed by atoms with Crippen LogP contribution in [0.5, 0.6) is 0 Å². The number of aromatic amines is 1. The second-order valence-electron chi connectivity index (χ2n) is 3.25. The molecule has 68 valence electrons. The monoisotopic (exact) mass is 174 g/mol. The summed E-state index contributed by atoms with van der Waals surface area (Å²) < 4.78 is 0. The third kappa shape index (κ3) is 1.73. The van der Waals surface area contributed by atoms with Crippen LogP contribution in [0.15, 0.2) is 30.5 Å². The maximum atomic E-state index is 3.19. The Hall–Kier alpha value is -1.28. The highest BCUT2D eigenvalue weighted by molar-refractivity contribution is 5.79. The van der Waals surface area contributed by atoms with Crippen LogP contribution in [0.25, 0.3) is 10.9 Å². The van der Waals surface area contributed by atoms with Gasteiger partial charge in [0, 0.05) is 11.7 Å². The number of aromatic nitrogens is 1. The first kappa shape index (κ1) is 8.32. The zero-order valence-electron chi connectivity index (χ0n) is 7.80. The summed E-state index contributed by atoms with van der Waals surface area (Å²) in [5, 5.41) is 4.45. The van der Waals surface area contributed by atoms with Crippen LogP contribution >= 0.6 is 0 Å². The first-order valence-corrected chi connectivity index (χ1v) is 4.61. The van der Waals surface area contributed by atoms with Gasteiger partial charge in [-0.05, 0) is 49.2 Å². The zero-order chi connectivity index (χ0) is 9.10. The highest BCUT2D eigenvalue weighted by Gasteiger charge is 1.95. The Labute approximate surface area is 78.0 Å². The highest BCUT2D eigenvalue weighted by atomic mass is 14.8. The predicted molar refractivity (Wildman–Crippen MR) is 55.9 cm³/mol.